The van der Waals surface area contributed by atoms with Crippen molar-refractivity contribution in [3.05, 3.63) is 29.8 Å². The first-order chi connectivity index (χ1) is 10.3. The van der Waals surface area contributed by atoms with Gasteiger partial charge in [0.05, 0.1) is 0 Å². The molecule has 1 aromatic carbocycles. The molecular weight excluding hydrogens is 260 g/mol. The van der Waals surface area contributed by atoms with E-state index in [1.54, 1.807) is 0 Å². The van der Waals surface area contributed by atoms with Crippen molar-refractivity contribution in [3.63, 3.8) is 0 Å². The quantitative estimate of drug-likeness (QED) is 0.715. The first-order valence-corrected chi connectivity index (χ1v) is 8.46. The van der Waals surface area contributed by atoms with E-state index in [-0.39, 0.29) is 0 Å². The SMILES string of the molecule is CCNCc1cccc(OCCN(CC)CC2CCC2)c1. The molecule has 2 rings (SSSR count). The smallest absolute Gasteiger partial charge is 0.119 e. The number of hydrogen-bond donors (Lipinski definition) is 1. The molecule has 0 radical (unpaired) electrons. The number of nitrogens with one attached hydrogen (secondary N) is 1. The Morgan fingerprint density at radius 1 is 1.29 bits per heavy atom. The molecule has 21 heavy (non-hydrogen) atoms. The molecule has 0 aromatic heterocycles. The van der Waals surface area contributed by atoms with Crippen LogP contribution in [0.4, 0.5) is 0 Å². The van der Waals surface area contributed by atoms with E-state index >= 15 is 0 Å². The lowest BCUT2D eigenvalue weighted by molar-refractivity contribution is 0.158. The Morgan fingerprint density at radius 2 is 2.14 bits per heavy atom. The second kappa shape index (κ2) is 9.06. The number of ether oxygens (including phenoxy) is 1. The minimum atomic E-state index is 0.783. The van der Waals surface area contributed by atoms with Crippen LogP contribution in [0, 0.1) is 5.92 Å². The van der Waals surface area contributed by atoms with Crippen molar-refractivity contribution < 1.29 is 4.74 Å². The Hall–Kier alpha value is -1.06. The molecule has 1 aliphatic rings. The molecule has 3 nitrogen and oxygen atoms in total. The van der Waals surface area contributed by atoms with Crippen molar-refractivity contribution in [1.82, 2.24) is 10.2 Å². The molecule has 3 heteroatoms. The summed E-state index contributed by atoms with van der Waals surface area (Å²) in [6.45, 7) is 10.5. The van der Waals surface area contributed by atoms with Crippen LogP contribution in [0.2, 0.25) is 0 Å². The fraction of sp³-hybridized carbons (Fsp3) is 0.667. The third kappa shape index (κ3) is 5.68. The summed E-state index contributed by atoms with van der Waals surface area (Å²) in [5, 5.41) is 3.35. The maximum absolute atomic E-state index is 5.92. The summed E-state index contributed by atoms with van der Waals surface area (Å²) in [7, 11) is 0. The van der Waals surface area contributed by atoms with E-state index < -0.39 is 0 Å². The zero-order valence-electron chi connectivity index (χ0n) is 13.6. The number of likely N-dealkylation sites (N-methyl/N-ethyl adjacent to an activating group) is 1. The van der Waals surface area contributed by atoms with Crippen molar-refractivity contribution in [2.45, 2.75) is 39.7 Å². The number of rotatable bonds is 10. The van der Waals surface area contributed by atoms with Crippen molar-refractivity contribution in [3.8, 4) is 5.75 Å². The summed E-state index contributed by atoms with van der Waals surface area (Å²) in [5.74, 6) is 1.93. The average molecular weight is 290 g/mol. The summed E-state index contributed by atoms with van der Waals surface area (Å²) < 4.78 is 5.92. The zero-order chi connectivity index (χ0) is 14.9. The first-order valence-electron chi connectivity index (χ1n) is 8.46. The van der Waals surface area contributed by atoms with Gasteiger partial charge in [-0.1, -0.05) is 32.4 Å². The second-order valence-electron chi connectivity index (χ2n) is 5.97. The highest BCUT2D eigenvalue weighted by molar-refractivity contribution is 5.28. The molecule has 0 unspecified atom stereocenters. The van der Waals surface area contributed by atoms with Gasteiger partial charge in [-0.25, -0.2) is 0 Å². The molecule has 0 spiro atoms. The molecule has 1 fully saturated rings. The highest BCUT2D eigenvalue weighted by atomic mass is 16.5. The van der Waals surface area contributed by atoms with E-state index in [4.69, 9.17) is 4.74 Å². The minimum absolute atomic E-state index is 0.783. The summed E-state index contributed by atoms with van der Waals surface area (Å²) in [6.07, 6.45) is 4.27. The predicted octanol–water partition coefficient (Wildman–Crippen LogP) is 3.30. The maximum atomic E-state index is 5.92. The Labute approximate surface area is 129 Å². The summed E-state index contributed by atoms with van der Waals surface area (Å²) in [6, 6.07) is 8.42. The third-order valence-electron chi connectivity index (χ3n) is 4.34. The molecule has 0 aliphatic heterocycles. The van der Waals surface area contributed by atoms with Crippen LogP contribution < -0.4 is 10.1 Å². The average Bonchev–Trinajstić information content (AvgIpc) is 2.47. The van der Waals surface area contributed by atoms with Crippen LogP contribution in [-0.4, -0.2) is 37.7 Å². The van der Waals surface area contributed by atoms with Crippen molar-refractivity contribution in [1.29, 1.82) is 0 Å². The van der Waals surface area contributed by atoms with Gasteiger partial charge in [-0.05, 0) is 49.5 Å². The largest absolute Gasteiger partial charge is 0.492 e. The third-order valence-corrected chi connectivity index (χ3v) is 4.34. The first kappa shape index (κ1) is 16.3. The second-order valence-corrected chi connectivity index (χ2v) is 5.97. The molecule has 1 N–H and O–H groups in total. The van der Waals surface area contributed by atoms with Gasteiger partial charge in [-0.2, -0.15) is 0 Å². The molecular formula is C18H30N2O. The van der Waals surface area contributed by atoms with Gasteiger partial charge in [-0.3, -0.25) is 4.90 Å². The van der Waals surface area contributed by atoms with E-state index in [1.165, 1.54) is 31.4 Å². The molecule has 0 bridgehead atoms. The highest BCUT2D eigenvalue weighted by Gasteiger charge is 2.19. The molecule has 0 saturated heterocycles. The van der Waals surface area contributed by atoms with E-state index in [0.717, 1.165) is 44.5 Å². The normalized spacial score (nSPS) is 15.2. The van der Waals surface area contributed by atoms with Gasteiger partial charge in [0, 0.05) is 19.6 Å². The Morgan fingerprint density at radius 3 is 2.81 bits per heavy atom. The minimum Gasteiger partial charge on any atom is -0.492 e. The van der Waals surface area contributed by atoms with Crippen LogP contribution in [0.5, 0.6) is 5.75 Å². The Bertz CT molecular complexity index is 404. The molecule has 0 atom stereocenters. The fourth-order valence-corrected chi connectivity index (χ4v) is 2.73. The Balaban J connectivity index is 1.71. The van der Waals surface area contributed by atoms with Crippen LogP contribution in [0.3, 0.4) is 0 Å². The lowest BCUT2D eigenvalue weighted by Gasteiger charge is -2.31. The molecule has 0 heterocycles. The Kier molecular flexibility index (Phi) is 7.04. The number of hydrogen-bond acceptors (Lipinski definition) is 3. The van der Waals surface area contributed by atoms with E-state index in [0.29, 0.717) is 0 Å². The lowest BCUT2D eigenvalue weighted by Crippen LogP contribution is -2.35. The van der Waals surface area contributed by atoms with Crippen molar-refractivity contribution in [2.75, 3.05) is 32.8 Å². The van der Waals surface area contributed by atoms with Gasteiger partial charge >= 0.3 is 0 Å². The number of nitrogens with zero attached hydrogens (tertiary/aromatic N) is 1. The van der Waals surface area contributed by atoms with Crippen LogP contribution in [-0.2, 0) is 6.54 Å². The monoisotopic (exact) mass is 290 g/mol. The van der Waals surface area contributed by atoms with E-state index in [1.807, 2.05) is 0 Å². The predicted molar refractivity (Wildman–Crippen MR) is 88.8 cm³/mol. The lowest BCUT2D eigenvalue weighted by atomic mass is 9.85. The van der Waals surface area contributed by atoms with Crippen LogP contribution in [0.1, 0.15) is 38.7 Å². The highest BCUT2D eigenvalue weighted by Crippen LogP contribution is 2.26. The van der Waals surface area contributed by atoms with Crippen molar-refractivity contribution in [2.24, 2.45) is 5.92 Å². The van der Waals surface area contributed by atoms with Gasteiger partial charge in [0.15, 0.2) is 0 Å². The van der Waals surface area contributed by atoms with Gasteiger partial charge in [0.1, 0.15) is 12.4 Å². The standard InChI is InChI=1S/C18H30N2O/c1-3-19-14-17-9-6-10-18(13-17)21-12-11-20(4-2)15-16-7-5-8-16/h6,9-10,13,16,19H,3-5,7-8,11-12,14-15H2,1-2H3. The van der Waals surface area contributed by atoms with Crippen molar-refractivity contribution >= 4 is 0 Å². The van der Waals surface area contributed by atoms with Gasteiger partial charge in [0.2, 0.25) is 0 Å². The summed E-state index contributed by atoms with van der Waals surface area (Å²) in [5.41, 5.74) is 1.29. The van der Waals surface area contributed by atoms with Crippen LogP contribution in [0.15, 0.2) is 24.3 Å². The molecule has 1 aliphatic carbocycles. The summed E-state index contributed by atoms with van der Waals surface area (Å²) in [4.78, 5) is 2.52. The van der Waals surface area contributed by atoms with Crippen LogP contribution in [0.25, 0.3) is 0 Å². The fourth-order valence-electron chi connectivity index (χ4n) is 2.73. The molecule has 1 aromatic rings. The van der Waals surface area contributed by atoms with Gasteiger partial charge < -0.3 is 10.1 Å². The summed E-state index contributed by atoms with van der Waals surface area (Å²) >= 11 is 0. The molecule has 1 saturated carbocycles. The van der Waals surface area contributed by atoms with E-state index in [2.05, 4.69) is 48.3 Å². The number of benzene rings is 1. The van der Waals surface area contributed by atoms with Crippen LogP contribution >= 0.6 is 0 Å². The molecule has 0 amide bonds. The van der Waals surface area contributed by atoms with Gasteiger partial charge in [0.25, 0.3) is 0 Å². The zero-order valence-corrected chi connectivity index (χ0v) is 13.6. The van der Waals surface area contributed by atoms with E-state index in [9.17, 15) is 0 Å². The van der Waals surface area contributed by atoms with Gasteiger partial charge in [-0.15, -0.1) is 0 Å². The molecule has 118 valence electrons. The maximum Gasteiger partial charge on any atom is 0.119 e. The topological polar surface area (TPSA) is 24.5 Å².